The molecular formula is C16H17N3O5. The largest absolute Gasteiger partial charge is 0.480 e. The maximum absolute atomic E-state index is 12.5. The molecule has 2 heterocycles. The third-order valence-electron chi connectivity index (χ3n) is 4.41. The summed E-state index contributed by atoms with van der Waals surface area (Å²) in [7, 11) is 1.53. The number of carbonyl (C=O) groups is 2. The average Bonchev–Trinajstić information content (AvgIpc) is 3.06. The van der Waals surface area contributed by atoms with Gasteiger partial charge in [0.2, 0.25) is 5.91 Å². The van der Waals surface area contributed by atoms with E-state index in [1.165, 1.54) is 16.5 Å². The van der Waals surface area contributed by atoms with Crippen LogP contribution in [0.2, 0.25) is 0 Å². The molecule has 3 rings (SSSR count). The Morgan fingerprint density at radius 1 is 1.25 bits per heavy atom. The minimum atomic E-state index is -1.07. The normalized spacial score (nSPS) is 17.4. The highest BCUT2D eigenvalue weighted by Crippen LogP contribution is 2.17. The van der Waals surface area contributed by atoms with E-state index < -0.39 is 35.7 Å². The van der Waals surface area contributed by atoms with Crippen LogP contribution in [0.1, 0.15) is 12.8 Å². The molecule has 126 valence electrons. The Hall–Kier alpha value is -2.90. The molecule has 0 unspecified atom stereocenters. The van der Waals surface area contributed by atoms with Crippen LogP contribution < -0.4 is 11.2 Å². The molecule has 0 spiro atoms. The van der Waals surface area contributed by atoms with Gasteiger partial charge in [0, 0.05) is 13.6 Å². The van der Waals surface area contributed by atoms with Crippen LogP contribution in [-0.4, -0.2) is 43.6 Å². The number of fused-ring (bicyclic) bond motifs is 1. The molecule has 0 aliphatic carbocycles. The molecule has 0 bridgehead atoms. The van der Waals surface area contributed by atoms with Gasteiger partial charge >= 0.3 is 11.7 Å². The number of benzene rings is 1. The van der Waals surface area contributed by atoms with Crippen molar-refractivity contribution in [3.63, 3.8) is 0 Å². The lowest BCUT2D eigenvalue weighted by Gasteiger charge is -2.21. The highest BCUT2D eigenvalue weighted by Gasteiger charge is 2.34. The van der Waals surface area contributed by atoms with Crippen LogP contribution >= 0.6 is 0 Å². The number of aliphatic carboxylic acids is 1. The number of aryl methyl sites for hydroxylation is 1. The maximum Gasteiger partial charge on any atom is 0.331 e. The number of rotatable bonds is 3. The predicted molar refractivity (Wildman–Crippen MR) is 85.8 cm³/mol. The lowest BCUT2D eigenvalue weighted by Crippen LogP contribution is -2.47. The van der Waals surface area contributed by atoms with Crippen LogP contribution in [0.15, 0.2) is 33.9 Å². The van der Waals surface area contributed by atoms with Gasteiger partial charge in [0.15, 0.2) is 0 Å². The van der Waals surface area contributed by atoms with Crippen molar-refractivity contribution in [3.05, 3.63) is 45.1 Å². The molecule has 1 aliphatic rings. The van der Waals surface area contributed by atoms with E-state index >= 15 is 0 Å². The van der Waals surface area contributed by atoms with Gasteiger partial charge in [-0.25, -0.2) is 9.59 Å². The van der Waals surface area contributed by atoms with Crippen LogP contribution in [0.25, 0.3) is 10.9 Å². The molecular weight excluding hydrogens is 314 g/mol. The molecule has 1 amide bonds. The SMILES string of the molecule is Cn1c(=O)n(CC(=O)N2CCC[C@H]2C(=O)O)c(=O)c2ccccc21. The quantitative estimate of drug-likeness (QED) is 0.837. The average molecular weight is 331 g/mol. The molecule has 2 aromatic rings. The van der Waals surface area contributed by atoms with Gasteiger partial charge in [-0.3, -0.25) is 18.7 Å². The number of carboxylic acid groups (broad SMARTS) is 1. The van der Waals surface area contributed by atoms with E-state index in [9.17, 15) is 19.2 Å². The summed E-state index contributed by atoms with van der Waals surface area (Å²) in [6.07, 6.45) is 0.971. The Kier molecular flexibility index (Phi) is 3.96. The molecule has 1 aromatic carbocycles. The number of likely N-dealkylation sites (tertiary alicyclic amines) is 1. The third-order valence-corrected chi connectivity index (χ3v) is 4.41. The summed E-state index contributed by atoms with van der Waals surface area (Å²) in [5.41, 5.74) is -0.660. The zero-order chi connectivity index (χ0) is 17.4. The van der Waals surface area contributed by atoms with Gasteiger partial charge in [-0.05, 0) is 25.0 Å². The number of amides is 1. The molecule has 1 atom stereocenters. The Bertz CT molecular complexity index is 943. The highest BCUT2D eigenvalue weighted by molar-refractivity contribution is 5.84. The minimum absolute atomic E-state index is 0.318. The van der Waals surface area contributed by atoms with E-state index in [0.717, 1.165) is 4.57 Å². The maximum atomic E-state index is 12.5. The van der Waals surface area contributed by atoms with Gasteiger partial charge in [0.1, 0.15) is 12.6 Å². The van der Waals surface area contributed by atoms with Crippen LogP contribution in [0.5, 0.6) is 0 Å². The van der Waals surface area contributed by atoms with E-state index in [1.54, 1.807) is 24.3 Å². The van der Waals surface area contributed by atoms with Gasteiger partial charge in [-0.1, -0.05) is 12.1 Å². The Morgan fingerprint density at radius 3 is 2.67 bits per heavy atom. The van der Waals surface area contributed by atoms with Gasteiger partial charge in [0.05, 0.1) is 10.9 Å². The molecule has 1 aliphatic heterocycles. The molecule has 0 saturated carbocycles. The van der Waals surface area contributed by atoms with Crippen molar-refractivity contribution in [2.45, 2.75) is 25.4 Å². The van der Waals surface area contributed by atoms with E-state index in [-0.39, 0.29) is 0 Å². The van der Waals surface area contributed by atoms with Crippen LogP contribution in [0, 0.1) is 0 Å². The van der Waals surface area contributed by atoms with Crippen LogP contribution in [0.3, 0.4) is 0 Å². The molecule has 8 nitrogen and oxygen atoms in total. The topological polar surface area (TPSA) is 102 Å². The van der Waals surface area contributed by atoms with Crippen molar-refractivity contribution in [1.82, 2.24) is 14.0 Å². The number of para-hydroxylation sites is 1. The Labute approximate surface area is 136 Å². The Balaban J connectivity index is 2.02. The summed E-state index contributed by atoms with van der Waals surface area (Å²) in [5, 5.41) is 9.50. The van der Waals surface area contributed by atoms with Crippen molar-refractivity contribution in [2.24, 2.45) is 7.05 Å². The van der Waals surface area contributed by atoms with Crippen molar-refractivity contribution in [3.8, 4) is 0 Å². The van der Waals surface area contributed by atoms with Crippen molar-refractivity contribution >= 4 is 22.8 Å². The van der Waals surface area contributed by atoms with Crippen molar-refractivity contribution < 1.29 is 14.7 Å². The van der Waals surface area contributed by atoms with Gasteiger partial charge in [-0.2, -0.15) is 0 Å². The number of carbonyl (C=O) groups excluding carboxylic acids is 1. The van der Waals surface area contributed by atoms with E-state index in [4.69, 9.17) is 5.11 Å². The molecule has 24 heavy (non-hydrogen) atoms. The molecule has 1 aromatic heterocycles. The fourth-order valence-corrected chi connectivity index (χ4v) is 3.15. The Morgan fingerprint density at radius 2 is 1.96 bits per heavy atom. The summed E-state index contributed by atoms with van der Waals surface area (Å²) in [6, 6.07) is 5.76. The molecule has 8 heteroatoms. The van der Waals surface area contributed by atoms with Crippen molar-refractivity contribution in [2.75, 3.05) is 6.54 Å². The first-order chi connectivity index (χ1) is 11.4. The zero-order valence-corrected chi connectivity index (χ0v) is 13.1. The summed E-state index contributed by atoms with van der Waals surface area (Å²) in [6.45, 7) is -0.140. The molecule has 1 fully saturated rings. The highest BCUT2D eigenvalue weighted by atomic mass is 16.4. The summed E-state index contributed by atoms with van der Waals surface area (Å²) >= 11 is 0. The third kappa shape index (κ3) is 2.49. The number of aromatic nitrogens is 2. The second kappa shape index (κ2) is 5.95. The van der Waals surface area contributed by atoms with Gasteiger partial charge in [0.25, 0.3) is 5.56 Å². The predicted octanol–water partition coefficient (Wildman–Crippen LogP) is -0.224. The van der Waals surface area contributed by atoms with Gasteiger partial charge < -0.3 is 10.0 Å². The van der Waals surface area contributed by atoms with E-state index in [1.807, 2.05) is 0 Å². The smallest absolute Gasteiger partial charge is 0.331 e. The summed E-state index contributed by atoms with van der Waals surface area (Å²) in [4.78, 5) is 49.8. The van der Waals surface area contributed by atoms with Gasteiger partial charge in [-0.15, -0.1) is 0 Å². The lowest BCUT2D eigenvalue weighted by molar-refractivity contribution is -0.148. The van der Waals surface area contributed by atoms with E-state index in [0.29, 0.717) is 30.3 Å². The number of carboxylic acids is 1. The standard InChI is InChI=1S/C16H17N3O5/c1-17-11-6-3-2-5-10(11)14(21)19(16(17)24)9-13(20)18-8-4-7-12(18)15(22)23/h2-3,5-6,12H,4,7-9H2,1H3,(H,22,23)/t12-/m0/s1. The first-order valence-electron chi connectivity index (χ1n) is 7.62. The van der Waals surface area contributed by atoms with Crippen molar-refractivity contribution in [1.29, 1.82) is 0 Å². The molecule has 1 N–H and O–H groups in total. The summed E-state index contributed by atoms with van der Waals surface area (Å²) < 4.78 is 2.17. The van der Waals surface area contributed by atoms with Crippen LogP contribution in [0.4, 0.5) is 0 Å². The number of hydrogen-bond donors (Lipinski definition) is 1. The number of nitrogens with zero attached hydrogens (tertiary/aromatic N) is 3. The fraction of sp³-hybridized carbons (Fsp3) is 0.375. The number of hydrogen-bond acceptors (Lipinski definition) is 4. The second-order valence-electron chi connectivity index (χ2n) is 5.83. The second-order valence-corrected chi connectivity index (χ2v) is 5.83. The first kappa shape index (κ1) is 16.0. The fourth-order valence-electron chi connectivity index (χ4n) is 3.15. The zero-order valence-electron chi connectivity index (χ0n) is 13.1. The van der Waals surface area contributed by atoms with Crippen LogP contribution in [-0.2, 0) is 23.2 Å². The van der Waals surface area contributed by atoms with E-state index in [2.05, 4.69) is 0 Å². The molecule has 0 radical (unpaired) electrons. The minimum Gasteiger partial charge on any atom is -0.480 e. The first-order valence-corrected chi connectivity index (χ1v) is 7.62. The lowest BCUT2D eigenvalue weighted by atomic mass is 10.2. The molecule has 1 saturated heterocycles. The monoisotopic (exact) mass is 331 g/mol. The summed E-state index contributed by atoms with van der Waals surface area (Å²) in [5.74, 6) is -1.60.